The first-order chi connectivity index (χ1) is 10.2. The molecule has 0 atom stereocenters. The molecule has 2 aromatic heterocycles. The number of carbonyl (C=O) groups is 1. The van der Waals surface area contributed by atoms with E-state index in [1.54, 1.807) is 30.5 Å². The molecule has 0 radical (unpaired) electrons. The number of nitrogens with zero attached hydrogens (tertiary/aromatic N) is 2. The lowest BCUT2D eigenvalue weighted by atomic mass is 10.2. The number of nitrogens with one attached hydrogen (secondary N) is 1. The third-order valence-corrected chi connectivity index (χ3v) is 2.84. The van der Waals surface area contributed by atoms with Gasteiger partial charge in [-0.2, -0.15) is 4.98 Å². The van der Waals surface area contributed by atoms with Crippen molar-refractivity contribution in [3.05, 3.63) is 42.3 Å². The van der Waals surface area contributed by atoms with Gasteiger partial charge in [-0.05, 0) is 30.3 Å². The summed E-state index contributed by atoms with van der Waals surface area (Å²) >= 11 is 0. The molecular weight excluding hydrogens is 272 g/mol. The van der Waals surface area contributed by atoms with Crippen molar-refractivity contribution in [3.8, 4) is 0 Å². The predicted octanol–water partition coefficient (Wildman–Crippen LogP) is 2.34. The summed E-state index contributed by atoms with van der Waals surface area (Å²) in [6, 6.07) is 8.58. The summed E-state index contributed by atoms with van der Waals surface area (Å²) in [6.07, 6.45) is 1.57. The molecule has 0 aliphatic carbocycles. The summed E-state index contributed by atoms with van der Waals surface area (Å²) < 4.78 is 10.0. The van der Waals surface area contributed by atoms with Crippen molar-refractivity contribution >= 4 is 34.4 Å². The molecule has 1 aromatic carbocycles. The van der Waals surface area contributed by atoms with Gasteiger partial charge >= 0.3 is 5.97 Å². The van der Waals surface area contributed by atoms with Gasteiger partial charge in [0.2, 0.25) is 11.7 Å². The summed E-state index contributed by atoms with van der Waals surface area (Å²) in [5.41, 5.74) is 6.94. The van der Waals surface area contributed by atoms with Crippen molar-refractivity contribution in [3.63, 3.8) is 0 Å². The molecule has 0 spiro atoms. The number of nitrogen functional groups attached to an aromatic ring is 1. The topological polar surface area (TPSA) is 103 Å². The molecule has 0 bridgehead atoms. The highest BCUT2D eigenvalue weighted by Gasteiger charge is 2.12. The molecular formula is C14H12N4O3. The summed E-state index contributed by atoms with van der Waals surface area (Å²) in [5.74, 6) is 0.417. The highest BCUT2D eigenvalue weighted by molar-refractivity contribution is 5.93. The second-order valence-corrected chi connectivity index (χ2v) is 4.28. The van der Waals surface area contributed by atoms with Crippen LogP contribution in [0.2, 0.25) is 0 Å². The van der Waals surface area contributed by atoms with Crippen LogP contribution in [-0.2, 0) is 4.74 Å². The number of carbonyl (C=O) groups excluding carboxylic acids is 1. The zero-order chi connectivity index (χ0) is 14.8. The van der Waals surface area contributed by atoms with Crippen LogP contribution >= 0.6 is 0 Å². The number of hydrogen-bond donors (Lipinski definition) is 2. The number of hydrogen-bond acceptors (Lipinski definition) is 7. The fourth-order valence-corrected chi connectivity index (χ4v) is 1.88. The smallest absolute Gasteiger partial charge is 0.373 e. The maximum atomic E-state index is 11.4. The first-order valence-electron chi connectivity index (χ1n) is 6.13. The zero-order valence-electron chi connectivity index (χ0n) is 11.2. The van der Waals surface area contributed by atoms with E-state index in [0.29, 0.717) is 17.3 Å². The molecule has 3 N–H and O–H groups in total. The molecule has 3 aromatic rings. The van der Waals surface area contributed by atoms with E-state index in [4.69, 9.17) is 10.2 Å². The maximum absolute atomic E-state index is 11.4. The van der Waals surface area contributed by atoms with E-state index in [2.05, 4.69) is 20.0 Å². The second kappa shape index (κ2) is 5.12. The Morgan fingerprint density at radius 1 is 1.33 bits per heavy atom. The number of rotatable bonds is 3. The normalized spacial score (nSPS) is 10.5. The van der Waals surface area contributed by atoms with Gasteiger partial charge in [-0.15, -0.1) is 0 Å². The molecule has 2 heterocycles. The number of nitrogens with two attached hydrogens (primary N) is 1. The van der Waals surface area contributed by atoms with E-state index in [0.717, 1.165) is 11.1 Å². The Balaban J connectivity index is 1.92. The van der Waals surface area contributed by atoms with Gasteiger partial charge in [0.15, 0.2) is 0 Å². The lowest BCUT2D eigenvalue weighted by molar-refractivity contribution is 0.0567. The predicted molar refractivity (Wildman–Crippen MR) is 77.3 cm³/mol. The van der Waals surface area contributed by atoms with E-state index >= 15 is 0 Å². The Hall–Kier alpha value is -3.09. The largest absolute Gasteiger partial charge is 0.463 e. The van der Waals surface area contributed by atoms with E-state index < -0.39 is 5.97 Å². The Labute approximate surface area is 119 Å². The lowest BCUT2D eigenvalue weighted by Gasteiger charge is -2.04. The van der Waals surface area contributed by atoms with Gasteiger partial charge in [-0.3, -0.25) is 0 Å². The molecule has 0 saturated carbocycles. The standard InChI is InChI=1S/C14H12N4O3/c1-20-13(19)11-7-8-6-9(2-3-10(8)21-11)17-14-16-5-4-12(15)18-14/h2-7H,1H3,(H3,15,16,17,18). The van der Waals surface area contributed by atoms with Crippen LogP contribution < -0.4 is 11.1 Å². The second-order valence-electron chi connectivity index (χ2n) is 4.28. The van der Waals surface area contributed by atoms with Crippen LogP contribution in [0.3, 0.4) is 0 Å². The monoisotopic (exact) mass is 284 g/mol. The highest BCUT2D eigenvalue weighted by Crippen LogP contribution is 2.24. The molecule has 106 valence electrons. The van der Waals surface area contributed by atoms with Gasteiger partial charge in [-0.1, -0.05) is 0 Å². The van der Waals surface area contributed by atoms with Crippen molar-refractivity contribution in [2.24, 2.45) is 0 Å². The molecule has 3 rings (SSSR count). The number of aromatic nitrogens is 2. The molecule has 7 nitrogen and oxygen atoms in total. The zero-order valence-corrected chi connectivity index (χ0v) is 11.2. The maximum Gasteiger partial charge on any atom is 0.373 e. The van der Waals surface area contributed by atoms with Crippen LogP contribution in [0.5, 0.6) is 0 Å². The molecule has 0 aliphatic heterocycles. The van der Waals surface area contributed by atoms with Crippen molar-refractivity contribution in [2.45, 2.75) is 0 Å². The quantitative estimate of drug-likeness (QED) is 0.711. The minimum Gasteiger partial charge on any atom is -0.463 e. The van der Waals surface area contributed by atoms with Gasteiger partial charge in [0.05, 0.1) is 7.11 Å². The van der Waals surface area contributed by atoms with Crippen LogP contribution in [0.15, 0.2) is 40.9 Å². The minimum atomic E-state index is -0.514. The highest BCUT2D eigenvalue weighted by atomic mass is 16.5. The summed E-state index contributed by atoms with van der Waals surface area (Å²) in [4.78, 5) is 19.5. The Morgan fingerprint density at radius 2 is 2.19 bits per heavy atom. The number of esters is 1. The Morgan fingerprint density at radius 3 is 2.95 bits per heavy atom. The van der Waals surface area contributed by atoms with Crippen LogP contribution in [0.1, 0.15) is 10.6 Å². The van der Waals surface area contributed by atoms with Crippen molar-refractivity contribution in [2.75, 3.05) is 18.2 Å². The molecule has 21 heavy (non-hydrogen) atoms. The first-order valence-corrected chi connectivity index (χ1v) is 6.13. The van der Waals surface area contributed by atoms with Crippen LogP contribution in [0.4, 0.5) is 17.5 Å². The average molecular weight is 284 g/mol. The minimum absolute atomic E-state index is 0.157. The number of fused-ring (bicyclic) bond motifs is 1. The molecule has 7 heteroatoms. The third-order valence-electron chi connectivity index (χ3n) is 2.84. The number of methoxy groups -OCH3 is 1. The molecule has 0 unspecified atom stereocenters. The number of ether oxygens (including phenoxy) is 1. The van der Waals surface area contributed by atoms with Gasteiger partial charge in [0, 0.05) is 17.3 Å². The van der Waals surface area contributed by atoms with Crippen LogP contribution in [0.25, 0.3) is 11.0 Å². The van der Waals surface area contributed by atoms with Gasteiger partial charge < -0.3 is 20.2 Å². The lowest BCUT2D eigenvalue weighted by Crippen LogP contribution is -1.99. The third kappa shape index (κ3) is 2.62. The van der Waals surface area contributed by atoms with E-state index in [-0.39, 0.29) is 5.76 Å². The van der Waals surface area contributed by atoms with Gasteiger partial charge in [0.25, 0.3) is 0 Å². The molecule has 0 aliphatic rings. The first kappa shape index (κ1) is 12.9. The number of anilines is 3. The Bertz CT molecular complexity index is 813. The van der Waals surface area contributed by atoms with Gasteiger partial charge in [-0.25, -0.2) is 9.78 Å². The Kier molecular flexibility index (Phi) is 3.15. The number of benzene rings is 1. The summed E-state index contributed by atoms with van der Waals surface area (Å²) in [5, 5.41) is 3.80. The van der Waals surface area contributed by atoms with E-state index in [1.165, 1.54) is 7.11 Å². The van der Waals surface area contributed by atoms with Crippen molar-refractivity contribution in [1.82, 2.24) is 9.97 Å². The molecule has 0 saturated heterocycles. The van der Waals surface area contributed by atoms with Crippen molar-refractivity contribution in [1.29, 1.82) is 0 Å². The average Bonchev–Trinajstić information content (AvgIpc) is 2.89. The molecule has 0 fully saturated rings. The fourth-order valence-electron chi connectivity index (χ4n) is 1.88. The fraction of sp³-hybridized carbons (Fsp3) is 0.0714. The van der Waals surface area contributed by atoms with Crippen LogP contribution in [-0.4, -0.2) is 23.0 Å². The number of furan rings is 1. The summed E-state index contributed by atoms with van der Waals surface area (Å²) in [6.45, 7) is 0. The molecule has 0 amide bonds. The van der Waals surface area contributed by atoms with Crippen LogP contribution in [0, 0.1) is 0 Å². The van der Waals surface area contributed by atoms with E-state index in [9.17, 15) is 4.79 Å². The van der Waals surface area contributed by atoms with E-state index in [1.807, 2.05) is 6.07 Å². The SMILES string of the molecule is COC(=O)c1cc2cc(Nc3nccc(N)n3)ccc2o1. The van der Waals surface area contributed by atoms with Crippen molar-refractivity contribution < 1.29 is 13.9 Å². The summed E-state index contributed by atoms with van der Waals surface area (Å²) in [7, 11) is 1.31. The van der Waals surface area contributed by atoms with Gasteiger partial charge in [0.1, 0.15) is 11.4 Å².